The number of fused-ring (bicyclic) bond motifs is 1. The van der Waals surface area contributed by atoms with Crippen LogP contribution in [0.25, 0.3) is 0 Å². The van der Waals surface area contributed by atoms with Gasteiger partial charge >= 0.3 is 0 Å². The lowest BCUT2D eigenvalue weighted by Crippen LogP contribution is -2.37. The first-order valence-corrected chi connectivity index (χ1v) is 9.38. The topological polar surface area (TPSA) is 69.5 Å². The molecule has 0 bridgehead atoms. The number of aromatic nitrogens is 3. The molecule has 0 saturated carbocycles. The molecule has 0 saturated heterocycles. The standard InChI is InChI=1S/C20H28N4O3/c1-14-21-22-19-9-7-16(11-12-24(14)19)23(2)20(25)10-6-15-5-8-17(26-3)18(13-15)27-4/h5,8,13,16H,6-7,9-12H2,1-4H3. The molecule has 3 rings (SSSR count). The molecule has 1 aliphatic rings. The fourth-order valence-electron chi connectivity index (χ4n) is 3.67. The molecule has 2 aromatic rings. The molecule has 146 valence electrons. The van der Waals surface area contributed by atoms with Crippen LogP contribution in [0.2, 0.25) is 0 Å². The normalized spacial score (nSPS) is 16.4. The second kappa shape index (κ2) is 8.41. The van der Waals surface area contributed by atoms with Crippen LogP contribution in [0.15, 0.2) is 18.2 Å². The lowest BCUT2D eigenvalue weighted by atomic mass is 10.1. The third-order valence-electron chi connectivity index (χ3n) is 5.42. The molecule has 1 aliphatic heterocycles. The van der Waals surface area contributed by atoms with E-state index in [0.29, 0.717) is 24.3 Å². The summed E-state index contributed by atoms with van der Waals surface area (Å²) < 4.78 is 12.8. The van der Waals surface area contributed by atoms with Gasteiger partial charge in [-0.1, -0.05) is 6.07 Å². The minimum atomic E-state index is 0.171. The number of ether oxygens (including phenoxy) is 2. The second-order valence-electron chi connectivity index (χ2n) is 6.99. The first-order valence-electron chi connectivity index (χ1n) is 9.38. The van der Waals surface area contributed by atoms with Crippen molar-refractivity contribution < 1.29 is 14.3 Å². The van der Waals surface area contributed by atoms with Gasteiger partial charge in [-0.3, -0.25) is 4.79 Å². The van der Waals surface area contributed by atoms with Gasteiger partial charge < -0.3 is 18.9 Å². The van der Waals surface area contributed by atoms with Gasteiger partial charge in [0.25, 0.3) is 0 Å². The Morgan fingerprint density at radius 3 is 2.74 bits per heavy atom. The Labute approximate surface area is 160 Å². The van der Waals surface area contributed by atoms with Gasteiger partial charge in [-0.15, -0.1) is 10.2 Å². The number of methoxy groups -OCH3 is 2. The molecule has 27 heavy (non-hydrogen) atoms. The summed E-state index contributed by atoms with van der Waals surface area (Å²) >= 11 is 0. The zero-order valence-corrected chi connectivity index (χ0v) is 16.6. The molecule has 1 aromatic carbocycles. The Morgan fingerprint density at radius 1 is 1.22 bits per heavy atom. The third-order valence-corrected chi connectivity index (χ3v) is 5.42. The van der Waals surface area contributed by atoms with Crippen molar-refractivity contribution >= 4 is 5.91 Å². The molecule has 0 fully saturated rings. The Hall–Kier alpha value is -2.57. The van der Waals surface area contributed by atoms with Crippen LogP contribution in [-0.2, 0) is 24.2 Å². The van der Waals surface area contributed by atoms with Crippen LogP contribution in [0.3, 0.4) is 0 Å². The summed E-state index contributed by atoms with van der Waals surface area (Å²) in [5, 5.41) is 8.40. The lowest BCUT2D eigenvalue weighted by molar-refractivity contribution is -0.132. The van der Waals surface area contributed by atoms with Gasteiger partial charge in [0.2, 0.25) is 5.91 Å². The molecule has 2 heterocycles. The fraction of sp³-hybridized carbons (Fsp3) is 0.550. The highest BCUT2D eigenvalue weighted by molar-refractivity contribution is 5.76. The average Bonchev–Trinajstić information content (AvgIpc) is 2.91. The molecule has 1 aromatic heterocycles. The maximum absolute atomic E-state index is 12.7. The minimum Gasteiger partial charge on any atom is -0.493 e. The van der Waals surface area contributed by atoms with E-state index in [1.807, 2.05) is 37.1 Å². The lowest BCUT2D eigenvalue weighted by Gasteiger charge is -2.27. The van der Waals surface area contributed by atoms with Crippen LogP contribution < -0.4 is 9.47 Å². The van der Waals surface area contributed by atoms with Gasteiger partial charge in [0.1, 0.15) is 11.6 Å². The van der Waals surface area contributed by atoms with Crippen molar-refractivity contribution in [1.82, 2.24) is 19.7 Å². The van der Waals surface area contributed by atoms with E-state index in [-0.39, 0.29) is 11.9 Å². The second-order valence-corrected chi connectivity index (χ2v) is 6.99. The van der Waals surface area contributed by atoms with Crippen LogP contribution >= 0.6 is 0 Å². The van der Waals surface area contributed by atoms with Gasteiger partial charge in [0, 0.05) is 32.5 Å². The Morgan fingerprint density at radius 2 is 2.00 bits per heavy atom. The highest BCUT2D eigenvalue weighted by Gasteiger charge is 2.24. The number of aryl methyl sites for hydroxylation is 3. The number of nitrogens with zero attached hydrogens (tertiary/aromatic N) is 4. The maximum Gasteiger partial charge on any atom is 0.222 e. The van der Waals surface area contributed by atoms with E-state index in [0.717, 1.165) is 43.0 Å². The van der Waals surface area contributed by atoms with Gasteiger partial charge in [0.15, 0.2) is 11.5 Å². The van der Waals surface area contributed by atoms with Crippen molar-refractivity contribution in [1.29, 1.82) is 0 Å². The number of benzene rings is 1. The number of rotatable bonds is 6. The van der Waals surface area contributed by atoms with E-state index >= 15 is 0 Å². The van der Waals surface area contributed by atoms with Gasteiger partial charge in [-0.25, -0.2) is 0 Å². The van der Waals surface area contributed by atoms with Crippen molar-refractivity contribution in [3.8, 4) is 11.5 Å². The number of hydrogen-bond donors (Lipinski definition) is 0. The SMILES string of the molecule is COc1ccc(CCC(=O)N(C)C2CCc3nnc(C)n3CC2)cc1OC. The molecule has 0 spiro atoms. The number of amides is 1. The van der Waals surface area contributed by atoms with Crippen molar-refractivity contribution in [2.45, 2.75) is 51.6 Å². The zero-order chi connectivity index (χ0) is 19.4. The Balaban J connectivity index is 1.56. The first kappa shape index (κ1) is 19.2. The Kier molecular flexibility index (Phi) is 5.98. The molecule has 1 amide bonds. The zero-order valence-electron chi connectivity index (χ0n) is 16.6. The molecule has 7 heteroatoms. The predicted octanol–water partition coefficient (Wildman–Crippen LogP) is 2.40. The average molecular weight is 372 g/mol. The molecule has 1 unspecified atom stereocenters. The van der Waals surface area contributed by atoms with Crippen molar-refractivity contribution in [3.05, 3.63) is 35.4 Å². The number of hydrogen-bond acceptors (Lipinski definition) is 5. The molecule has 1 atom stereocenters. The predicted molar refractivity (Wildman–Crippen MR) is 102 cm³/mol. The summed E-state index contributed by atoms with van der Waals surface area (Å²) in [6.07, 6.45) is 3.88. The van der Waals surface area contributed by atoms with Crippen molar-refractivity contribution in [3.63, 3.8) is 0 Å². The van der Waals surface area contributed by atoms with E-state index in [1.54, 1.807) is 14.2 Å². The fourth-order valence-corrected chi connectivity index (χ4v) is 3.67. The number of carbonyl (C=O) groups excluding carboxylic acids is 1. The molecule has 0 N–H and O–H groups in total. The monoisotopic (exact) mass is 372 g/mol. The van der Waals surface area contributed by atoms with Crippen molar-refractivity contribution in [2.75, 3.05) is 21.3 Å². The smallest absolute Gasteiger partial charge is 0.222 e. The van der Waals surface area contributed by atoms with E-state index in [4.69, 9.17) is 9.47 Å². The molecular weight excluding hydrogens is 344 g/mol. The van der Waals surface area contributed by atoms with Crippen LogP contribution in [0.5, 0.6) is 11.5 Å². The van der Waals surface area contributed by atoms with Gasteiger partial charge in [0.05, 0.1) is 14.2 Å². The van der Waals surface area contributed by atoms with Crippen LogP contribution in [-0.4, -0.2) is 52.9 Å². The summed E-state index contributed by atoms with van der Waals surface area (Å²) in [5.74, 6) is 3.54. The summed E-state index contributed by atoms with van der Waals surface area (Å²) in [6.45, 7) is 2.85. The van der Waals surface area contributed by atoms with E-state index in [2.05, 4.69) is 14.8 Å². The molecule has 0 aliphatic carbocycles. The molecular formula is C20H28N4O3. The quantitative estimate of drug-likeness (QED) is 0.779. The van der Waals surface area contributed by atoms with Crippen molar-refractivity contribution in [2.24, 2.45) is 0 Å². The van der Waals surface area contributed by atoms with Gasteiger partial charge in [-0.05, 0) is 43.9 Å². The minimum absolute atomic E-state index is 0.171. The highest BCUT2D eigenvalue weighted by Crippen LogP contribution is 2.28. The number of carbonyl (C=O) groups is 1. The van der Waals surface area contributed by atoms with Gasteiger partial charge in [-0.2, -0.15) is 0 Å². The largest absolute Gasteiger partial charge is 0.493 e. The maximum atomic E-state index is 12.7. The summed E-state index contributed by atoms with van der Waals surface area (Å²) in [5.41, 5.74) is 1.07. The van der Waals surface area contributed by atoms with Crippen LogP contribution in [0, 0.1) is 6.92 Å². The summed E-state index contributed by atoms with van der Waals surface area (Å²) in [4.78, 5) is 14.6. The van der Waals surface area contributed by atoms with Crippen LogP contribution in [0.4, 0.5) is 0 Å². The first-order chi connectivity index (χ1) is 13.0. The Bertz CT molecular complexity index is 803. The summed E-state index contributed by atoms with van der Waals surface area (Å²) in [6, 6.07) is 6.04. The van der Waals surface area contributed by atoms with E-state index in [1.165, 1.54) is 0 Å². The highest BCUT2D eigenvalue weighted by atomic mass is 16.5. The van der Waals surface area contributed by atoms with E-state index < -0.39 is 0 Å². The van der Waals surface area contributed by atoms with E-state index in [9.17, 15) is 4.79 Å². The van der Waals surface area contributed by atoms with Crippen LogP contribution in [0.1, 0.15) is 36.5 Å². The summed E-state index contributed by atoms with van der Waals surface area (Å²) in [7, 11) is 5.15. The molecule has 0 radical (unpaired) electrons. The molecule has 7 nitrogen and oxygen atoms in total. The third kappa shape index (κ3) is 4.23.